The maximum absolute atomic E-state index is 4.42. The fourth-order valence-corrected chi connectivity index (χ4v) is 2.37. The molecule has 1 N–H and O–H groups in total. The van der Waals surface area contributed by atoms with Gasteiger partial charge in [0.15, 0.2) is 0 Å². The van der Waals surface area contributed by atoms with Crippen LogP contribution in [-0.4, -0.2) is 4.98 Å². The van der Waals surface area contributed by atoms with E-state index in [1.165, 1.54) is 22.3 Å². The highest BCUT2D eigenvalue weighted by molar-refractivity contribution is 5.32. The topological polar surface area (TPSA) is 24.9 Å². The van der Waals surface area contributed by atoms with Crippen molar-refractivity contribution < 1.29 is 0 Å². The molecule has 0 amide bonds. The fourth-order valence-electron chi connectivity index (χ4n) is 2.37. The van der Waals surface area contributed by atoms with E-state index in [1.54, 1.807) is 0 Å². The fraction of sp³-hybridized carbons (Fsp3) is 0.353. The molecule has 2 aromatic rings. The second-order valence-electron chi connectivity index (χ2n) is 5.23. The second kappa shape index (κ2) is 5.98. The zero-order chi connectivity index (χ0) is 13.8. The van der Waals surface area contributed by atoms with Crippen molar-refractivity contribution in [3.05, 3.63) is 64.5 Å². The predicted octanol–water partition coefficient (Wildman–Crippen LogP) is 3.86. The maximum Gasteiger partial charge on any atom is 0.0570 e. The number of nitrogens with zero attached hydrogens (tertiary/aromatic N) is 1. The molecule has 100 valence electrons. The summed E-state index contributed by atoms with van der Waals surface area (Å²) in [5.41, 5.74) is 6.38. The minimum absolute atomic E-state index is 0.335. The lowest BCUT2D eigenvalue weighted by atomic mass is 10.0. The monoisotopic (exact) mass is 254 g/mol. The van der Waals surface area contributed by atoms with Crippen LogP contribution in [0.2, 0.25) is 0 Å². The van der Waals surface area contributed by atoms with Gasteiger partial charge in [-0.1, -0.05) is 29.8 Å². The Morgan fingerprint density at radius 3 is 2.58 bits per heavy atom. The van der Waals surface area contributed by atoms with E-state index in [0.29, 0.717) is 6.04 Å². The van der Waals surface area contributed by atoms with E-state index in [2.05, 4.69) is 62.3 Å². The summed E-state index contributed by atoms with van der Waals surface area (Å²) >= 11 is 0. The van der Waals surface area contributed by atoms with Crippen molar-refractivity contribution in [3.8, 4) is 0 Å². The van der Waals surface area contributed by atoms with Gasteiger partial charge in [-0.3, -0.25) is 4.98 Å². The van der Waals surface area contributed by atoms with Crippen LogP contribution in [0.25, 0.3) is 0 Å². The number of rotatable bonds is 4. The highest BCUT2D eigenvalue weighted by Crippen LogP contribution is 2.19. The summed E-state index contributed by atoms with van der Waals surface area (Å²) in [5, 5.41) is 3.55. The van der Waals surface area contributed by atoms with Gasteiger partial charge in [-0.25, -0.2) is 0 Å². The van der Waals surface area contributed by atoms with E-state index in [-0.39, 0.29) is 0 Å². The van der Waals surface area contributed by atoms with Gasteiger partial charge in [-0.2, -0.15) is 0 Å². The summed E-state index contributed by atoms with van der Waals surface area (Å²) in [6.45, 7) is 9.42. The quantitative estimate of drug-likeness (QED) is 0.896. The predicted molar refractivity (Wildman–Crippen MR) is 80.1 cm³/mol. The first-order valence-electron chi connectivity index (χ1n) is 6.79. The van der Waals surface area contributed by atoms with Gasteiger partial charge in [-0.15, -0.1) is 0 Å². The zero-order valence-electron chi connectivity index (χ0n) is 12.2. The molecule has 0 aliphatic rings. The molecule has 1 aromatic heterocycles. The Kier molecular flexibility index (Phi) is 4.33. The molecular weight excluding hydrogens is 232 g/mol. The standard InChI is InChI=1S/C17H22N2/c1-12-7-8-16(14(3)10-12)15(4)19-11-17-13(2)6-5-9-18-17/h5-10,15,19H,11H2,1-4H3. The summed E-state index contributed by atoms with van der Waals surface area (Å²) in [5.74, 6) is 0. The van der Waals surface area contributed by atoms with E-state index >= 15 is 0 Å². The van der Waals surface area contributed by atoms with Gasteiger partial charge in [0.1, 0.15) is 0 Å². The highest BCUT2D eigenvalue weighted by atomic mass is 14.9. The largest absolute Gasteiger partial charge is 0.305 e. The molecule has 0 spiro atoms. The Bertz CT molecular complexity index is 561. The van der Waals surface area contributed by atoms with Crippen LogP contribution < -0.4 is 5.32 Å². The lowest BCUT2D eigenvalue weighted by Gasteiger charge is -2.17. The summed E-state index contributed by atoms with van der Waals surface area (Å²) < 4.78 is 0. The van der Waals surface area contributed by atoms with Crippen LogP contribution in [0, 0.1) is 20.8 Å². The average Bonchev–Trinajstić information content (AvgIpc) is 2.37. The van der Waals surface area contributed by atoms with Crippen LogP contribution in [0.4, 0.5) is 0 Å². The van der Waals surface area contributed by atoms with Crippen molar-refractivity contribution in [2.45, 2.75) is 40.3 Å². The number of hydrogen-bond acceptors (Lipinski definition) is 2. The first-order valence-corrected chi connectivity index (χ1v) is 6.79. The van der Waals surface area contributed by atoms with Crippen molar-refractivity contribution in [2.75, 3.05) is 0 Å². The van der Waals surface area contributed by atoms with Gasteiger partial charge in [0, 0.05) is 18.8 Å². The Morgan fingerprint density at radius 1 is 1.11 bits per heavy atom. The molecule has 1 unspecified atom stereocenters. The third-order valence-electron chi connectivity index (χ3n) is 3.59. The average molecular weight is 254 g/mol. The maximum atomic E-state index is 4.42. The molecule has 2 nitrogen and oxygen atoms in total. The van der Waals surface area contributed by atoms with E-state index in [0.717, 1.165) is 12.2 Å². The lowest BCUT2D eigenvalue weighted by molar-refractivity contribution is 0.564. The van der Waals surface area contributed by atoms with Crippen molar-refractivity contribution in [3.63, 3.8) is 0 Å². The summed E-state index contributed by atoms with van der Waals surface area (Å²) in [4.78, 5) is 4.42. The van der Waals surface area contributed by atoms with Crippen molar-refractivity contribution in [2.24, 2.45) is 0 Å². The SMILES string of the molecule is Cc1ccc(C(C)NCc2ncccc2C)c(C)c1. The van der Waals surface area contributed by atoms with E-state index in [1.807, 2.05) is 12.3 Å². The van der Waals surface area contributed by atoms with Gasteiger partial charge in [0.05, 0.1) is 5.69 Å². The number of aryl methyl sites for hydroxylation is 3. The second-order valence-corrected chi connectivity index (χ2v) is 5.23. The Hall–Kier alpha value is -1.67. The summed E-state index contributed by atoms with van der Waals surface area (Å²) in [7, 11) is 0. The van der Waals surface area contributed by atoms with Gasteiger partial charge in [0.25, 0.3) is 0 Å². The Morgan fingerprint density at radius 2 is 1.89 bits per heavy atom. The molecule has 0 bridgehead atoms. The minimum atomic E-state index is 0.335. The van der Waals surface area contributed by atoms with Gasteiger partial charge in [0.2, 0.25) is 0 Å². The van der Waals surface area contributed by atoms with Crippen LogP contribution in [0.3, 0.4) is 0 Å². The molecule has 0 radical (unpaired) electrons. The number of benzene rings is 1. The van der Waals surface area contributed by atoms with Gasteiger partial charge >= 0.3 is 0 Å². The third kappa shape index (κ3) is 3.42. The number of nitrogens with one attached hydrogen (secondary N) is 1. The molecule has 0 aliphatic heterocycles. The first kappa shape index (κ1) is 13.8. The molecule has 2 heteroatoms. The molecule has 1 aromatic carbocycles. The summed E-state index contributed by atoms with van der Waals surface area (Å²) in [6.07, 6.45) is 1.85. The minimum Gasteiger partial charge on any atom is -0.305 e. The van der Waals surface area contributed by atoms with Crippen LogP contribution in [0.15, 0.2) is 36.5 Å². The van der Waals surface area contributed by atoms with E-state index in [4.69, 9.17) is 0 Å². The molecule has 2 rings (SSSR count). The van der Waals surface area contributed by atoms with Crippen LogP contribution >= 0.6 is 0 Å². The molecule has 0 fully saturated rings. The lowest BCUT2D eigenvalue weighted by Crippen LogP contribution is -2.20. The highest BCUT2D eigenvalue weighted by Gasteiger charge is 2.08. The van der Waals surface area contributed by atoms with Crippen molar-refractivity contribution >= 4 is 0 Å². The van der Waals surface area contributed by atoms with Gasteiger partial charge in [-0.05, 0) is 50.5 Å². The zero-order valence-corrected chi connectivity index (χ0v) is 12.2. The normalized spacial score (nSPS) is 12.4. The van der Waals surface area contributed by atoms with Crippen molar-refractivity contribution in [1.82, 2.24) is 10.3 Å². The van der Waals surface area contributed by atoms with Gasteiger partial charge < -0.3 is 5.32 Å². The molecule has 0 saturated heterocycles. The Labute approximate surface area is 115 Å². The van der Waals surface area contributed by atoms with Crippen molar-refractivity contribution in [1.29, 1.82) is 0 Å². The molecule has 1 atom stereocenters. The van der Waals surface area contributed by atoms with E-state index in [9.17, 15) is 0 Å². The van der Waals surface area contributed by atoms with Crippen LogP contribution in [-0.2, 0) is 6.54 Å². The molecule has 19 heavy (non-hydrogen) atoms. The smallest absolute Gasteiger partial charge is 0.0570 e. The van der Waals surface area contributed by atoms with Crippen LogP contribution in [0.5, 0.6) is 0 Å². The number of aromatic nitrogens is 1. The third-order valence-corrected chi connectivity index (χ3v) is 3.59. The Balaban J connectivity index is 2.05. The van der Waals surface area contributed by atoms with Crippen LogP contribution in [0.1, 0.15) is 40.9 Å². The molecule has 1 heterocycles. The molecule has 0 saturated carbocycles. The van der Waals surface area contributed by atoms with E-state index < -0.39 is 0 Å². The molecule has 0 aliphatic carbocycles. The number of pyridine rings is 1. The first-order chi connectivity index (χ1) is 9.08. The molecular formula is C17H22N2. The summed E-state index contributed by atoms with van der Waals surface area (Å²) in [6, 6.07) is 11.0. The number of hydrogen-bond donors (Lipinski definition) is 1.